The molecule has 0 bridgehead atoms. The van der Waals surface area contributed by atoms with E-state index < -0.39 is 0 Å². The zero-order valence-corrected chi connectivity index (χ0v) is 12.3. The van der Waals surface area contributed by atoms with Gasteiger partial charge in [0.1, 0.15) is 10.8 Å². The first-order valence-electron chi connectivity index (χ1n) is 6.30. The Bertz CT molecular complexity index is 641. The van der Waals surface area contributed by atoms with E-state index in [9.17, 15) is 4.79 Å². The monoisotopic (exact) mass is 305 g/mol. The van der Waals surface area contributed by atoms with Crippen molar-refractivity contribution < 1.29 is 9.53 Å². The minimum Gasteiger partial charge on any atom is -0.493 e. The number of carbonyl (C=O) groups excluding carboxylic acids is 1. The number of hydrazone groups is 1. The number of amides is 1. The van der Waals surface area contributed by atoms with Crippen LogP contribution in [0.2, 0.25) is 0 Å². The molecule has 1 aromatic heterocycles. The Morgan fingerprint density at radius 2 is 2.29 bits per heavy atom. The molecule has 110 valence electrons. The number of benzene rings is 1. The van der Waals surface area contributed by atoms with Crippen molar-refractivity contribution in [3.63, 3.8) is 0 Å². The highest BCUT2D eigenvalue weighted by molar-refractivity contribution is 7.15. The maximum absolute atomic E-state index is 11.7. The molecule has 1 heterocycles. The summed E-state index contributed by atoms with van der Waals surface area (Å²) in [6, 6.07) is 7.44. The van der Waals surface area contributed by atoms with Crippen LogP contribution in [0.4, 0.5) is 5.13 Å². The van der Waals surface area contributed by atoms with E-state index in [1.165, 1.54) is 17.6 Å². The molecule has 0 spiro atoms. The smallest absolute Gasteiger partial charge is 0.247 e. The van der Waals surface area contributed by atoms with Gasteiger partial charge in [0.05, 0.1) is 19.2 Å². The Kier molecular flexibility index (Phi) is 5.22. The lowest BCUT2D eigenvalue weighted by Crippen LogP contribution is -2.19. The van der Waals surface area contributed by atoms with Gasteiger partial charge in [-0.2, -0.15) is 5.10 Å². The van der Waals surface area contributed by atoms with Crippen LogP contribution in [0.1, 0.15) is 17.5 Å². The van der Waals surface area contributed by atoms with E-state index in [0.717, 1.165) is 11.3 Å². The molecule has 1 aromatic carbocycles. The SMILES string of the molecule is CCOc1ccccc1/C=N\NC(=O)Cc1nnc(N)s1. The number of nitrogen functional groups attached to an aromatic ring is 1. The van der Waals surface area contributed by atoms with Gasteiger partial charge in [0, 0.05) is 5.56 Å². The minimum atomic E-state index is -0.281. The van der Waals surface area contributed by atoms with Gasteiger partial charge < -0.3 is 10.5 Å². The highest BCUT2D eigenvalue weighted by Crippen LogP contribution is 2.15. The molecule has 1 amide bonds. The molecule has 2 aromatic rings. The van der Waals surface area contributed by atoms with Crippen LogP contribution in [0.5, 0.6) is 5.75 Å². The lowest BCUT2D eigenvalue weighted by molar-refractivity contribution is -0.120. The zero-order chi connectivity index (χ0) is 15.1. The summed E-state index contributed by atoms with van der Waals surface area (Å²) in [4.78, 5) is 11.7. The van der Waals surface area contributed by atoms with E-state index in [1.54, 1.807) is 0 Å². The number of para-hydroxylation sites is 1. The quantitative estimate of drug-likeness (QED) is 0.617. The van der Waals surface area contributed by atoms with E-state index in [4.69, 9.17) is 10.5 Å². The molecule has 0 atom stereocenters. The van der Waals surface area contributed by atoms with E-state index in [0.29, 0.717) is 16.7 Å². The summed E-state index contributed by atoms with van der Waals surface area (Å²) in [5.74, 6) is 0.436. The number of carbonyl (C=O) groups is 1. The Balaban J connectivity index is 1.91. The lowest BCUT2D eigenvalue weighted by Gasteiger charge is -2.05. The van der Waals surface area contributed by atoms with Crippen LogP contribution in [0.15, 0.2) is 29.4 Å². The molecule has 2 rings (SSSR count). The molecule has 0 saturated carbocycles. The van der Waals surface area contributed by atoms with E-state index in [1.807, 2.05) is 31.2 Å². The van der Waals surface area contributed by atoms with Crippen LogP contribution in [0.25, 0.3) is 0 Å². The first kappa shape index (κ1) is 14.9. The highest BCUT2D eigenvalue weighted by Gasteiger charge is 2.07. The predicted molar refractivity (Wildman–Crippen MR) is 81.4 cm³/mol. The second-order valence-electron chi connectivity index (χ2n) is 3.97. The Labute approximate surface area is 125 Å². The number of hydrogen-bond acceptors (Lipinski definition) is 7. The molecular weight excluding hydrogens is 290 g/mol. The number of nitrogens with two attached hydrogens (primary N) is 1. The third-order valence-electron chi connectivity index (χ3n) is 2.41. The first-order valence-corrected chi connectivity index (χ1v) is 7.12. The average Bonchev–Trinajstić information content (AvgIpc) is 2.86. The molecule has 0 aliphatic heterocycles. The number of hydrogen-bond donors (Lipinski definition) is 2. The minimum absolute atomic E-state index is 0.0965. The summed E-state index contributed by atoms with van der Waals surface area (Å²) in [5.41, 5.74) is 8.67. The summed E-state index contributed by atoms with van der Waals surface area (Å²) >= 11 is 1.18. The summed E-state index contributed by atoms with van der Waals surface area (Å²) in [6.45, 7) is 2.47. The molecule has 21 heavy (non-hydrogen) atoms. The molecule has 7 nitrogen and oxygen atoms in total. The molecular formula is C13H15N5O2S. The van der Waals surface area contributed by atoms with Crippen LogP contribution >= 0.6 is 11.3 Å². The van der Waals surface area contributed by atoms with Crippen molar-refractivity contribution in [2.45, 2.75) is 13.3 Å². The largest absolute Gasteiger partial charge is 0.493 e. The molecule has 0 aliphatic carbocycles. The zero-order valence-electron chi connectivity index (χ0n) is 11.4. The van der Waals surface area contributed by atoms with Crippen molar-refractivity contribution in [3.05, 3.63) is 34.8 Å². The highest BCUT2D eigenvalue weighted by atomic mass is 32.1. The van der Waals surface area contributed by atoms with Gasteiger partial charge in [-0.3, -0.25) is 4.79 Å². The van der Waals surface area contributed by atoms with Crippen molar-refractivity contribution in [2.75, 3.05) is 12.3 Å². The van der Waals surface area contributed by atoms with Crippen LogP contribution in [0.3, 0.4) is 0 Å². The maximum Gasteiger partial charge on any atom is 0.247 e. The van der Waals surface area contributed by atoms with Gasteiger partial charge in [0.25, 0.3) is 0 Å². The standard InChI is InChI=1S/C13H15N5O2S/c1-2-20-10-6-4-3-5-9(10)8-15-16-11(19)7-12-17-18-13(14)21-12/h3-6,8H,2,7H2,1H3,(H2,14,18)(H,16,19)/b15-8-. The summed E-state index contributed by atoms with van der Waals surface area (Å²) < 4.78 is 5.46. The summed E-state index contributed by atoms with van der Waals surface area (Å²) in [5, 5.41) is 12.2. The molecule has 0 aliphatic rings. The van der Waals surface area contributed by atoms with Crippen molar-refractivity contribution >= 4 is 28.6 Å². The number of nitrogens with one attached hydrogen (secondary N) is 1. The van der Waals surface area contributed by atoms with Crippen molar-refractivity contribution in [3.8, 4) is 5.75 Å². The second-order valence-corrected chi connectivity index (χ2v) is 5.07. The number of nitrogens with zero attached hydrogens (tertiary/aromatic N) is 3. The maximum atomic E-state index is 11.7. The van der Waals surface area contributed by atoms with E-state index in [-0.39, 0.29) is 12.3 Å². The third kappa shape index (κ3) is 4.53. The van der Waals surface area contributed by atoms with E-state index in [2.05, 4.69) is 20.7 Å². The Morgan fingerprint density at radius 1 is 1.48 bits per heavy atom. The fourth-order valence-corrected chi connectivity index (χ4v) is 2.17. The van der Waals surface area contributed by atoms with Gasteiger partial charge in [0.2, 0.25) is 11.0 Å². The van der Waals surface area contributed by atoms with Gasteiger partial charge in [-0.05, 0) is 19.1 Å². The van der Waals surface area contributed by atoms with Crippen molar-refractivity contribution in [2.24, 2.45) is 5.10 Å². The number of anilines is 1. The number of aromatic nitrogens is 2. The third-order valence-corrected chi connectivity index (χ3v) is 3.16. The van der Waals surface area contributed by atoms with Gasteiger partial charge in [0.15, 0.2) is 0 Å². The summed E-state index contributed by atoms with van der Waals surface area (Å²) in [7, 11) is 0. The predicted octanol–water partition coefficient (Wildman–Crippen LogP) is 1.21. The van der Waals surface area contributed by atoms with Gasteiger partial charge >= 0.3 is 0 Å². The normalized spacial score (nSPS) is 10.7. The fraction of sp³-hybridized carbons (Fsp3) is 0.231. The molecule has 3 N–H and O–H groups in total. The number of rotatable bonds is 6. The van der Waals surface area contributed by atoms with Crippen molar-refractivity contribution in [1.29, 1.82) is 0 Å². The van der Waals surface area contributed by atoms with Gasteiger partial charge in [-0.15, -0.1) is 10.2 Å². The van der Waals surface area contributed by atoms with Crippen LogP contribution in [-0.4, -0.2) is 28.9 Å². The Morgan fingerprint density at radius 3 is 3.00 bits per heavy atom. The van der Waals surface area contributed by atoms with E-state index >= 15 is 0 Å². The Hall–Kier alpha value is -2.48. The topological polar surface area (TPSA) is 102 Å². The molecule has 0 saturated heterocycles. The summed E-state index contributed by atoms with van der Waals surface area (Å²) in [6.07, 6.45) is 1.64. The molecule has 8 heteroatoms. The first-order chi connectivity index (χ1) is 10.2. The number of ether oxygens (including phenoxy) is 1. The van der Waals surface area contributed by atoms with Crippen LogP contribution in [-0.2, 0) is 11.2 Å². The second kappa shape index (κ2) is 7.34. The van der Waals surface area contributed by atoms with Crippen molar-refractivity contribution in [1.82, 2.24) is 15.6 Å². The van der Waals surface area contributed by atoms with Gasteiger partial charge in [-0.1, -0.05) is 23.5 Å². The van der Waals surface area contributed by atoms with Crippen LogP contribution in [0, 0.1) is 0 Å². The fourth-order valence-electron chi connectivity index (χ4n) is 1.56. The lowest BCUT2D eigenvalue weighted by atomic mass is 10.2. The average molecular weight is 305 g/mol. The van der Waals surface area contributed by atoms with Gasteiger partial charge in [-0.25, -0.2) is 5.43 Å². The molecule has 0 fully saturated rings. The van der Waals surface area contributed by atoms with Crippen LogP contribution < -0.4 is 15.9 Å². The molecule has 0 unspecified atom stereocenters. The molecule has 0 radical (unpaired) electrons.